The number of fused-ring (bicyclic) bond motifs is 1. The molecule has 1 spiro atoms. The molecule has 2 N–H and O–H groups in total. The molecule has 26 heavy (non-hydrogen) atoms. The lowest BCUT2D eigenvalue weighted by Crippen LogP contribution is -2.64. The molecular formula is C20H24N2O4. The van der Waals surface area contributed by atoms with Gasteiger partial charge in [0.1, 0.15) is 11.7 Å². The zero-order chi connectivity index (χ0) is 18.4. The molecule has 1 aromatic heterocycles. The van der Waals surface area contributed by atoms with Crippen molar-refractivity contribution in [2.45, 2.75) is 43.5 Å². The van der Waals surface area contributed by atoms with Gasteiger partial charge in [-0.2, -0.15) is 0 Å². The van der Waals surface area contributed by atoms with E-state index in [-0.39, 0.29) is 5.91 Å². The highest BCUT2D eigenvalue weighted by atomic mass is 16.5. The monoisotopic (exact) mass is 356 g/mol. The van der Waals surface area contributed by atoms with Crippen LogP contribution in [0.25, 0.3) is 10.9 Å². The Kier molecular flexibility index (Phi) is 4.22. The topological polar surface area (TPSA) is 82.9 Å². The van der Waals surface area contributed by atoms with Crippen molar-refractivity contribution in [3.8, 4) is 0 Å². The van der Waals surface area contributed by atoms with Crippen molar-refractivity contribution in [3.05, 3.63) is 42.1 Å². The van der Waals surface area contributed by atoms with Crippen LogP contribution < -0.4 is 0 Å². The number of pyridine rings is 1. The highest BCUT2D eigenvalue weighted by molar-refractivity contribution is 5.98. The number of aromatic nitrogens is 1. The van der Waals surface area contributed by atoms with E-state index >= 15 is 0 Å². The Bertz CT molecular complexity index is 827. The van der Waals surface area contributed by atoms with Crippen LogP contribution in [-0.4, -0.2) is 63.0 Å². The van der Waals surface area contributed by atoms with Gasteiger partial charge < -0.3 is 19.8 Å². The maximum atomic E-state index is 12.9. The fourth-order valence-corrected chi connectivity index (χ4v) is 4.14. The Morgan fingerprint density at radius 3 is 2.81 bits per heavy atom. The SMILES string of the molecule is C[C@@]1(O)CCOC2(CCN(C(=O)c3ccc4ncccc4c3)CC2)[C@H]1O. The number of benzene rings is 1. The van der Waals surface area contributed by atoms with Gasteiger partial charge in [-0.1, -0.05) is 6.07 Å². The normalized spacial score (nSPS) is 28.4. The second kappa shape index (κ2) is 6.30. The third kappa shape index (κ3) is 2.88. The van der Waals surface area contributed by atoms with E-state index in [9.17, 15) is 15.0 Å². The van der Waals surface area contributed by atoms with Crippen molar-refractivity contribution in [3.63, 3.8) is 0 Å². The van der Waals surface area contributed by atoms with Gasteiger partial charge in [-0.3, -0.25) is 9.78 Å². The summed E-state index contributed by atoms with van der Waals surface area (Å²) >= 11 is 0. The molecule has 0 bridgehead atoms. The van der Waals surface area contributed by atoms with Crippen LogP contribution in [0.1, 0.15) is 36.5 Å². The molecule has 138 valence electrons. The second-order valence-corrected chi connectivity index (χ2v) is 7.63. The molecule has 0 radical (unpaired) electrons. The fourth-order valence-electron chi connectivity index (χ4n) is 4.14. The standard InChI is InChI=1S/C20H24N2O4/c1-19(25)8-12-26-20(18(19)24)6-10-22(11-7-20)17(23)15-4-5-16-14(13-15)3-2-9-21-16/h2-5,9,13,18,24-25H,6-8,10-12H2,1H3/t18-,19+/m0/s1. The summed E-state index contributed by atoms with van der Waals surface area (Å²) in [5.41, 5.74) is -0.400. The molecular weight excluding hydrogens is 332 g/mol. The molecule has 1 aromatic carbocycles. The number of nitrogens with zero attached hydrogens (tertiary/aromatic N) is 2. The zero-order valence-corrected chi connectivity index (χ0v) is 14.9. The molecule has 2 aromatic rings. The summed E-state index contributed by atoms with van der Waals surface area (Å²) in [5.74, 6) is -0.0253. The summed E-state index contributed by atoms with van der Waals surface area (Å²) in [6, 6.07) is 9.33. The third-order valence-corrected chi connectivity index (χ3v) is 5.83. The lowest BCUT2D eigenvalue weighted by Gasteiger charge is -2.51. The molecule has 1 amide bonds. The first-order valence-electron chi connectivity index (χ1n) is 9.10. The predicted molar refractivity (Wildman–Crippen MR) is 96.8 cm³/mol. The number of amides is 1. The minimum Gasteiger partial charge on any atom is -0.387 e. The Morgan fingerprint density at radius 2 is 2.04 bits per heavy atom. The Balaban J connectivity index is 1.49. The number of ether oxygens (including phenoxy) is 1. The van der Waals surface area contributed by atoms with E-state index in [2.05, 4.69) is 4.98 Å². The first kappa shape index (κ1) is 17.4. The molecule has 2 aliphatic rings. The van der Waals surface area contributed by atoms with Gasteiger partial charge in [-0.15, -0.1) is 0 Å². The van der Waals surface area contributed by atoms with Gasteiger partial charge in [0.15, 0.2) is 0 Å². The van der Waals surface area contributed by atoms with E-state index in [1.54, 1.807) is 24.1 Å². The minimum atomic E-state index is -1.14. The molecule has 2 saturated heterocycles. The van der Waals surface area contributed by atoms with Crippen molar-refractivity contribution in [1.29, 1.82) is 0 Å². The van der Waals surface area contributed by atoms with E-state index in [0.29, 0.717) is 44.5 Å². The third-order valence-electron chi connectivity index (χ3n) is 5.83. The Labute approximate surface area is 152 Å². The number of hydrogen-bond donors (Lipinski definition) is 2. The summed E-state index contributed by atoms with van der Waals surface area (Å²) in [6.45, 7) is 3.08. The van der Waals surface area contributed by atoms with E-state index in [1.807, 2.05) is 24.3 Å². The zero-order valence-electron chi connectivity index (χ0n) is 14.9. The van der Waals surface area contributed by atoms with Gasteiger partial charge in [0.25, 0.3) is 5.91 Å². The quantitative estimate of drug-likeness (QED) is 0.813. The number of aliphatic hydroxyl groups is 2. The van der Waals surface area contributed by atoms with Crippen LogP contribution in [0.5, 0.6) is 0 Å². The van der Waals surface area contributed by atoms with Crippen LogP contribution in [0.15, 0.2) is 36.5 Å². The highest BCUT2D eigenvalue weighted by Gasteiger charge is 2.52. The number of rotatable bonds is 1. The minimum absolute atomic E-state index is 0.0253. The molecule has 2 atom stereocenters. The average molecular weight is 356 g/mol. The first-order chi connectivity index (χ1) is 12.4. The van der Waals surface area contributed by atoms with Gasteiger partial charge >= 0.3 is 0 Å². The molecule has 0 saturated carbocycles. The van der Waals surface area contributed by atoms with E-state index < -0.39 is 17.3 Å². The second-order valence-electron chi connectivity index (χ2n) is 7.63. The number of hydrogen-bond acceptors (Lipinski definition) is 5. The molecule has 6 heteroatoms. The number of piperidine rings is 1. The van der Waals surface area contributed by atoms with Crippen molar-refractivity contribution in [1.82, 2.24) is 9.88 Å². The van der Waals surface area contributed by atoms with E-state index in [0.717, 1.165) is 10.9 Å². The van der Waals surface area contributed by atoms with Crippen LogP contribution in [-0.2, 0) is 4.74 Å². The van der Waals surface area contributed by atoms with E-state index in [1.165, 1.54) is 0 Å². The number of carbonyl (C=O) groups excluding carboxylic acids is 1. The lowest BCUT2D eigenvalue weighted by molar-refractivity contribution is -0.244. The molecule has 6 nitrogen and oxygen atoms in total. The number of likely N-dealkylation sites (tertiary alicyclic amines) is 1. The molecule has 3 heterocycles. The maximum Gasteiger partial charge on any atom is 0.253 e. The fraction of sp³-hybridized carbons (Fsp3) is 0.500. The summed E-state index contributed by atoms with van der Waals surface area (Å²) in [6.07, 6.45) is 2.26. The summed E-state index contributed by atoms with van der Waals surface area (Å²) in [4.78, 5) is 19.0. The average Bonchev–Trinajstić information content (AvgIpc) is 2.66. The summed E-state index contributed by atoms with van der Waals surface area (Å²) in [5, 5.41) is 21.9. The van der Waals surface area contributed by atoms with Crippen LogP contribution >= 0.6 is 0 Å². The van der Waals surface area contributed by atoms with Gasteiger partial charge in [0, 0.05) is 36.7 Å². The molecule has 2 aliphatic heterocycles. The van der Waals surface area contributed by atoms with Crippen LogP contribution in [0, 0.1) is 0 Å². The van der Waals surface area contributed by atoms with Gasteiger partial charge in [0.2, 0.25) is 0 Å². The largest absolute Gasteiger partial charge is 0.387 e. The summed E-state index contributed by atoms with van der Waals surface area (Å²) in [7, 11) is 0. The van der Waals surface area contributed by atoms with E-state index in [4.69, 9.17) is 4.74 Å². The Hall–Kier alpha value is -2.02. The van der Waals surface area contributed by atoms with Crippen molar-refractivity contribution >= 4 is 16.8 Å². The lowest BCUT2D eigenvalue weighted by atomic mass is 9.75. The van der Waals surface area contributed by atoms with Gasteiger partial charge in [0.05, 0.1) is 17.7 Å². The van der Waals surface area contributed by atoms with Crippen LogP contribution in [0.3, 0.4) is 0 Å². The highest BCUT2D eigenvalue weighted by Crippen LogP contribution is 2.40. The van der Waals surface area contributed by atoms with Crippen molar-refractivity contribution in [2.75, 3.05) is 19.7 Å². The first-order valence-corrected chi connectivity index (χ1v) is 9.10. The number of carbonyl (C=O) groups is 1. The molecule has 0 aliphatic carbocycles. The van der Waals surface area contributed by atoms with Crippen LogP contribution in [0.2, 0.25) is 0 Å². The molecule has 2 fully saturated rings. The molecule has 4 rings (SSSR count). The van der Waals surface area contributed by atoms with Crippen LogP contribution in [0.4, 0.5) is 0 Å². The Morgan fingerprint density at radius 1 is 1.27 bits per heavy atom. The van der Waals surface area contributed by atoms with Gasteiger partial charge in [-0.05, 0) is 44.0 Å². The van der Waals surface area contributed by atoms with Crippen molar-refractivity contribution < 1.29 is 19.7 Å². The smallest absolute Gasteiger partial charge is 0.253 e. The predicted octanol–water partition coefficient (Wildman–Crippen LogP) is 1.74. The maximum absolute atomic E-state index is 12.9. The van der Waals surface area contributed by atoms with Gasteiger partial charge in [-0.25, -0.2) is 0 Å². The summed E-state index contributed by atoms with van der Waals surface area (Å²) < 4.78 is 5.89. The number of aliphatic hydroxyl groups excluding tert-OH is 1. The van der Waals surface area contributed by atoms with Crippen molar-refractivity contribution in [2.24, 2.45) is 0 Å². The molecule has 0 unspecified atom stereocenters.